The molecule has 6 nitrogen and oxygen atoms in total. The predicted octanol–water partition coefficient (Wildman–Crippen LogP) is 3.80. The minimum Gasteiger partial charge on any atom is -0.427 e. The Labute approximate surface area is 154 Å². The van der Waals surface area contributed by atoms with Gasteiger partial charge in [0.1, 0.15) is 17.4 Å². The van der Waals surface area contributed by atoms with Crippen LogP contribution >= 0.6 is 0 Å². The van der Waals surface area contributed by atoms with Gasteiger partial charge in [0.25, 0.3) is 5.91 Å². The largest absolute Gasteiger partial charge is 0.427 e. The Bertz CT molecular complexity index is 710. The molecular weight excluding hydrogens is 332 g/mol. The van der Waals surface area contributed by atoms with Gasteiger partial charge in [-0.3, -0.25) is 9.59 Å². The fourth-order valence-electron chi connectivity index (χ4n) is 3.39. The summed E-state index contributed by atoms with van der Waals surface area (Å²) in [6.07, 6.45) is 4.21. The van der Waals surface area contributed by atoms with Gasteiger partial charge in [0, 0.05) is 19.6 Å². The number of hydrogen-bond donors (Lipinski definition) is 1. The molecule has 1 aromatic rings. The molecule has 1 aliphatic carbocycles. The molecule has 0 spiro atoms. The van der Waals surface area contributed by atoms with E-state index in [1.807, 2.05) is 13.0 Å². The number of nitrogens with zero attached hydrogens (tertiary/aromatic N) is 1. The van der Waals surface area contributed by atoms with Crippen LogP contribution < -0.4 is 10.1 Å². The third-order valence-electron chi connectivity index (χ3n) is 4.57. The highest BCUT2D eigenvalue weighted by molar-refractivity contribution is 5.98. The molecule has 0 heterocycles. The highest BCUT2D eigenvalue weighted by Crippen LogP contribution is 2.36. The minimum atomic E-state index is -0.852. The molecule has 1 amide bonds. The highest BCUT2D eigenvalue weighted by atomic mass is 16.5. The van der Waals surface area contributed by atoms with E-state index in [2.05, 4.69) is 12.2 Å². The van der Waals surface area contributed by atoms with E-state index < -0.39 is 11.6 Å². The number of anilines is 1. The molecule has 6 heteroatoms. The maximum Gasteiger partial charge on any atom is 0.308 e. The van der Waals surface area contributed by atoms with Crippen LogP contribution in [0.2, 0.25) is 0 Å². The molecule has 1 aliphatic rings. The number of amides is 1. The number of carbonyl (C=O) groups is 2. The van der Waals surface area contributed by atoms with Gasteiger partial charge in [-0.25, -0.2) is 0 Å². The highest BCUT2D eigenvalue weighted by Gasteiger charge is 2.43. The van der Waals surface area contributed by atoms with E-state index in [0.717, 1.165) is 19.3 Å². The zero-order chi connectivity index (χ0) is 19.2. The molecule has 0 radical (unpaired) electrons. The zero-order valence-electron chi connectivity index (χ0n) is 15.6. The van der Waals surface area contributed by atoms with Crippen molar-refractivity contribution in [2.24, 2.45) is 5.92 Å². The fraction of sp³-hybridized carbons (Fsp3) is 0.550. The Morgan fingerprint density at radius 2 is 2.19 bits per heavy atom. The van der Waals surface area contributed by atoms with Gasteiger partial charge in [0.2, 0.25) is 0 Å². The normalized spacial score (nSPS) is 22.3. The smallest absolute Gasteiger partial charge is 0.308 e. The summed E-state index contributed by atoms with van der Waals surface area (Å²) in [6.45, 7) is 5.96. The lowest BCUT2D eigenvalue weighted by atomic mass is 9.78. The molecule has 1 saturated carbocycles. The summed E-state index contributed by atoms with van der Waals surface area (Å²) in [5.74, 6) is 0.00597. The number of ether oxygens (including phenoxy) is 2. The molecule has 0 aliphatic heterocycles. The van der Waals surface area contributed by atoms with Crippen LogP contribution in [0.3, 0.4) is 0 Å². The summed E-state index contributed by atoms with van der Waals surface area (Å²) in [4.78, 5) is 24.1. The lowest BCUT2D eigenvalue weighted by Crippen LogP contribution is -2.48. The lowest BCUT2D eigenvalue weighted by molar-refractivity contribution is -0.148. The van der Waals surface area contributed by atoms with E-state index in [0.29, 0.717) is 31.1 Å². The second-order valence-electron chi connectivity index (χ2n) is 6.91. The Morgan fingerprint density at radius 3 is 2.81 bits per heavy atom. The first-order chi connectivity index (χ1) is 12.4. The summed E-state index contributed by atoms with van der Waals surface area (Å²) in [5.41, 5.74) is -0.215. The van der Waals surface area contributed by atoms with Crippen LogP contribution in [0.1, 0.15) is 58.4 Å². The standard InChI is InChI=1S/C20H26N2O4/c1-4-10-25-20(9-5-6-14(2)12-20)19(24)22-18-8-7-17(26-15(3)23)11-16(18)13-21/h7-8,11,14H,4-6,9-10,12H2,1-3H3,(H,22,24)/t14-,20-/m0/s1. The molecule has 1 aromatic carbocycles. The van der Waals surface area contributed by atoms with Gasteiger partial charge in [-0.2, -0.15) is 5.26 Å². The van der Waals surface area contributed by atoms with E-state index in [9.17, 15) is 14.9 Å². The summed E-state index contributed by atoms with van der Waals surface area (Å²) in [5, 5.41) is 12.2. The molecule has 140 valence electrons. The van der Waals surface area contributed by atoms with E-state index >= 15 is 0 Å². The molecule has 0 unspecified atom stereocenters. The number of hydrogen-bond acceptors (Lipinski definition) is 5. The number of benzene rings is 1. The van der Waals surface area contributed by atoms with Crippen LogP contribution in [0.15, 0.2) is 18.2 Å². The van der Waals surface area contributed by atoms with Crippen LogP contribution in [0.5, 0.6) is 5.75 Å². The third kappa shape index (κ3) is 4.83. The second-order valence-corrected chi connectivity index (χ2v) is 6.91. The first-order valence-electron chi connectivity index (χ1n) is 9.08. The van der Waals surface area contributed by atoms with Gasteiger partial charge in [-0.1, -0.05) is 20.3 Å². The van der Waals surface area contributed by atoms with Crippen molar-refractivity contribution in [3.63, 3.8) is 0 Å². The summed E-state index contributed by atoms with van der Waals surface area (Å²) >= 11 is 0. The molecule has 1 fully saturated rings. The molecule has 0 saturated heterocycles. The zero-order valence-corrected chi connectivity index (χ0v) is 15.6. The molecule has 2 atom stereocenters. The van der Waals surface area contributed by atoms with E-state index in [1.165, 1.54) is 13.0 Å². The van der Waals surface area contributed by atoms with Crippen LogP contribution in [0, 0.1) is 17.2 Å². The molecule has 2 rings (SSSR count). The summed E-state index contributed by atoms with van der Waals surface area (Å²) in [6, 6.07) is 6.61. The van der Waals surface area contributed by atoms with Gasteiger partial charge >= 0.3 is 5.97 Å². The van der Waals surface area contributed by atoms with Crippen molar-refractivity contribution in [3.05, 3.63) is 23.8 Å². The van der Waals surface area contributed by atoms with E-state index in [1.54, 1.807) is 12.1 Å². The Kier molecular flexibility index (Phi) is 6.76. The van der Waals surface area contributed by atoms with Gasteiger partial charge in [-0.15, -0.1) is 0 Å². The maximum absolute atomic E-state index is 13.0. The van der Waals surface area contributed by atoms with E-state index in [4.69, 9.17) is 9.47 Å². The van der Waals surface area contributed by atoms with Crippen LogP contribution in [-0.4, -0.2) is 24.1 Å². The molecule has 0 bridgehead atoms. The van der Waals surface area contributed by atoms with Crippen molar-refractivity contribution in [1.82, 2.24) is 0 Å². The van der Waals surface area contributed by atoms with Crippen molar-refractivity contribution in [2.45, 2.75) is 58.5 Å². The van der Waals surface area contributed by atoms with E-state index in [-0.39, 0.29) is 17.2 Å². The predicted molar refractivity (Wildman–Crippen MR) is 97.7 cm³/mol. The third-order valence-corrected chi connectivity index (χ3v) is 4.57. The second kappa shape index (κ2) is 8.81. The van der Waals surface area contributed by atoms with Crippen molar-refractivity contribution >= 4 is 17.6 Å². The quantitative estimate of drug-likeness (QED) is 0.617. The maximum atomic E-state index is 13.0. The van der Waals surface area contributed by atoms with Gasteiger partial charge in [0.15, 0.2) is 0 Å². The Hall–Kier alpha value is -2.39. The van der Waals surface area contributed by atoms with Crippen molar-refractivity contribution in [2.75, 3.05) is 11.9 Å². The van der Waals surface area contributed by atoms with Crippen molar-refractivity contribution in [1.29, 1.82) is 5.26 Å². The number of rotatable bonds is 6. The molecule has 1 N–H and O–H groups in total. The number of nitriles is 1. The van der Waals surface area contributed by atoms with Crippen molar-refractivity contribution in [3.8, 4) is 11.8 Å². The molecule has 26 heavy (non-hydrogen) atoms. The van der Waals surface area contributed by atoms with Crippen LogP contribution in [-0.2, 0) is 14.3 Å². The average Bonchev–Trinajstić information content (AvgIpc) is 2.60. The van der Waals surface area contributed by atoms with Gasteiger partial charge < -0.3 is 14.8 Å². The molecular formula is C20H26N2O4. The minimum absolute atomic E-state index is 0.214. The topological polar surface area (TPSA) is 88.4 Å². The van der Waals surface area contributed by atoms with Gasteiger partial charge in [-0.05, 0) is 43.7 Å². The SMILES string of the molecule is CCCO[C@@]1(C(=O)Nc2ccc(OC(C)=O)cc2C#N)CCC[C@H](C)C1. The fourth-order valence-corrected chi connectivity index (χ4v) is 3.39. The first kappa shape index (κ1) is 19.9. The summed E-state index contributed by atoms with van der Waals surface area (Å²) in [7, 11) is 0. The number of esters is 1. The van der Waals surface area contributed by atoms with Crippen LogP contribution in [0.25, 0.3) is 0 Å². The average molecular weight is 358 g/mol. The van der Waals surface area contributed by atoms with Gasteiger partial charge in [0.05, 0.1) is 11.3 Å². The number of carbonyl (C=O) groups excluding carboxylic acids is 2. The van der Waals surface area contributed by atoms with Crippen LogP contribution in [0.4, 0.5) is 5.69 Å². The Balaban J connectivity index is 2.23. The lowest BCUT2D eigenvalue weighted by Gasteiger charge is -2.38. The molecule has 0 aromatic heterocycles. The Morgan fingerprint density at radius 1 is 1.42 bits per heavy atom. The monoisotopic (exact) mass is 358 g/mol. The van der Waals surface area contributed by atoms with Crippen molar-refractivity contribution < 1.29 is 19.1 Å². The number of nitrogens with one attached hydrogen (secondary N) is 1. The first-order valence-corrected chi connectivity index (χ1v) is 9.08. The summed E-state index contributed by atoms with van der Waals surface area (Å²) < 4.78 is 11.0.